The highest BCUT2D eigenvalue weighted by molar-refractivity contribution is 5.92. The first kappa shape index (κ1) is 12.2. The number of carbonyl (C=O) groups excluding carboxylic acids is 1. The molecule has 0 fully saturated rings. The summed E-state index contributed by atoms with van der Waals surface area (Å²) < 4.78 is 12.8. The lowest BCUT2D eigenvalue weighted by molar-refractivity contribution is 0.0930. The van der Waals surface area contributed by atoms with Crippen molar-refractivity contribution in [2.75, 3.05) is 0 Å². The van der Waals surface area contributed by atoms with Gasteiger partial charge < -0.3 is 5.32 Å². The van der Waals surface area contributed by atoms with Crippen molar-refractivity contribution in [2.24, 2.45) is 0 Å². The van der Waals surface area contributed by atoms with Gasteiger partial charge in [-0.15, -0.1) is 12.3 Å². The van der Waals surface area contributed by atoms with Crippen molar-refractivity contribution in [3.63, 3.8) is 0 Å². The highest BCUT2D eigenvalue weighted by Gasteiger charge is 2.12. The maximum Gasteiger partial charge on any atom is 0.270 e. The largest absolute Gasteiger partial charge is 0.347 e. The highest BCUT2D eigenvalue weighted by Crippen LogP contribution is 2.01. The molecule has 1 atom stereocenters. The Bertz CT molecular complexity index is 412. The van der Waals surface area contributed by atoms with Gasteiger partial charge in [0.2, 0.25) is 5.95 Å². The van der Waals surface area contributed by atoms with Crippen LogP contribution in [0.2, 0.25) is 0 Å². The molecule has 1 aromatic rings. The van der Waals surface area contributed by atoms with E-state index in [4.69, 9.17) is 6.42 Å². The number of amides is 1. The molecule has 1 aromatic heterocycles. The summed E-state index contributed by atoms with van der Waals surface area (Å²) >= 11 is 0. The second-order valence-corrected chi connectivity index (χ2v) is 3.33. The Morgan fingerprint density at radius 1 is 1.69 bits per heavy atom. The van der Waals surface area contributed by atoms with Crippen LogP contribution in [-0.4, -0.2) is 16.9 Å². The van der Waals surface area contributed by atoms with Gasteiger partial charge in [-0.25, -0.2) is 4.98 Å². The number of aromatic nitrogens is 1. The Kier molecular flexibility index (Phi) is 4.46. The lowest BCUT2D eigenvalue weighted by Crippen LogP contribution is -2.34. The molecule has 0 saturated carbocycles. The van der Waals surface area contributed by atoms with Crippen LogP contribution >= 0.6 is 0 Å². The van der Waals surface area contributed by atoms with Crippen LogP contribution in [0.15, 0.2) is 18.2 Å². The van der Waals surface area contributed by atoms with Crippen molar-refractivity contribution < 1.29 is 9.18 Å². The van der Waals surface area contributed by atoms with Gasteiger partial charge in [0.15, 0.2) is 0 Å². The van der Waals surface area contributed by atoms with Gasteiger partial charge in [0.05, 0.1) is 0 Å². The Labute approximate surface area is 94.1 Å². The van der Waals surface area contributed by atoms with Gasteiger partial charge in [-0.2, -0.15) is 4.39 Å². The van der Waals surface area contributed by atoms with Crippen LogP contribution in [0, 0.1) is 18.3 Å². The molecule has 1 amide bonds. The number of pyridine rings is 1. The van der Waals surface area contributed by atoms with Gasteiger partial charge in [0.25, 0.3) is 5.91 Å². The molecule has 0 bridgehead atoms. The summed E-state index contributed by atoms with van der Waals surface area (Å²) in [5.41, 5.74) is 0.0653. The number of nitrogens with zero attached hydrogens (tertiary/aromatic N) is 1. The molecule has 84 valence electrons. The fourth-order valence-corrected chi connectivity index (χ4v) is 1.23. The predicted molar refractivity (Wildman–Crippen MR) is 59.2 cm³/mol. The fraction of sp³-hybridized carbons (Fsp3) is 0.333. The minimum atomic E-state index is -0.669. The van der Waals surface area contributed by atoms with Crippen LogP contribution in [0.25, 0.3) is 0 Å². The minimum Gasteiger partial charge on any atom is -0.347 e. The lowest BCUT2D eigenvalue weighted by atomic mass is 10.1. The van der Waals surface area contributed by atoms with E-state index in [1.54, 1.807) is 0 Å². The highest BCUT2D eigenvalue weighted by atomic mass is 19.1. The molecule has 0 aliphatic rings. The normalized spacial score (nSPS) is 11.6. The number of terminal acetylenes is 1. The molecule has 0 saturated heterocycles. The van der Waals surface area contributed by atoms with Crippen LogP contribution in [0.5, 0.6) is 0 Å². The molecule has 1 rings (SSSR count). The van der Waals surface area contributed by atoms with E-state index in [-0.39, 0.29) is 11.7 Å². The zero-order valence-electron chi connectivity index (χ0n) is 9.03. The van der Waals surface area contributed by atoms with Crippen LogP contribution in [0.4, 0.5) is 4.39 Å². The van der Waals surface area contributed by atoms with Crippen LogP contribution in [-0.2, 0) is 0 Å². The standard InChI is InChI=1S/C12H13FN2O/c1-3-6-9(4-2)14-12(16)10-7-5-8-11(13)15-10/h1,5,7-9H,4,6H2,2H3,(H,14,16). The molecule has 0 aliphatic heterocycles. The maximum absolute atomic E-state index is 12.8. The van der Waals surface area contributed by atoms with Crippen LogP contribution < -0.4 is 5.32 Å². The van der Waals surface area contributed by atoms with Gasteiger partial charge in [0, 0.05) is 12.5 Å². The molecule has 0 aromatic carbocycles. The molecule has 1 N–H and O–H groups in total. The van der Waals surface area contributed by atoms with E-state index in [0.717, 1.165) is 6.42 Å². The molecular formula is C12H13FN2O. The third kappa shape index (κ3) is 3.35. The van der Waals surface area contributed by atoms with E-state index in [2.05, 4.69) is 16.2 Å². The van der Waals surface area contributed by atoms with Gasteiger partial charge in [0.1, 0.15) is 5.69 Å². The van der Waals surface area contributed by atoms with E-state index in [1.165, 1.54) is 18.2 Å². The van der Waals surface area contributed by atoms with Crippen molar-refractivity contribution in [1.29, 1.82) is 0 Å². The van der Waals surface area contributed by atoms with Crippen LogP contribution in [0.3, 0.4) is 0 Å². The van der Waals surface area contributed by atoms with E-state index in [1.807, 2.05) is 6.92 Å². The summed E-state index contributed by atoms with van der Waals surface area (Å²) in [5.74, 6) is 1.41. The SMILES string of the molecule is C#CCC(CC)NC(=O)c1cccc(F)n1. The van der Waals surface area contributed by atoms with E-state index in [0.29, 0.717) is 6.42 Å². The summed E-state index contributed by atoms with van der Waals surface area (Å²) in [6.07, 6.45) is 6.35. The molecule has 1 heterocycles. The molecule has 16 heavy (non-hydrogen) atoms. The van der Waals surface area contributed by atoms with Crippen LogP contribution in [0.1, 0.15) is 30.3 Å². The summed E-state index contributed by atoms with van der Waals surface area (Å²) in [5, 5.41) is 2.70. The number of nitrogens with one attached hydrogen (secondary N) is 1. The summed E-state index contributed by atoms with van der Waals surface area (Å²) in [6, 6.07) is 4.00. The van der Waals surface area contributed by atoms with Crippen molar-refractivity contribution in [2.45, 2.75) is 25.8 Å². The van der Waals surface area contributed by atoms with E-state index >= 15 is 0 Å². The molecule has 4 heteroatoms. The van der Waals surface area contributed by atoms with Gasteiger partial charge in [-0.3, -0.25) is 4.79 Å². The smallest absolute Gasteiger partial charge is 0.270 e. The molecule has 0 radical (unpaired) electrons. The Morgan fingerprint density at radius 2 is 2.44 bits per heavy atom. The molecule has 1 unspecified atom stereocenters. The topological polar surface area (TPSA) is 42.0 Å². The first-order chi connectivity index (χ1) is 7.67. The summed E-state index contributed by atoms with van der Waals surface area (Å²) in [6.45, 7) is 1.92. The van der Waals surface area contributed by atoms with Crippen molar-refractivity contribution in [3.05, 3.63) is 29.8 Å². The van der Waals surface area contributed by atoms with Crippen molar-refractivity contribution >= 4 is 5.91 Å². The van der Waals surface area contributed by atoms with Gasteiger partial charge >= 0.3 is 0 Å². The summed E-state index contributed by atoms with van der Waals surface area (Å²) in [4.78, 5) is 15.1. The number of rotatable bonds is 4. The first-order valence-corrected chi connectivity index (χ1v) is 5.04. The van der Waals surface area contributed by atoms with E-state index in [9.17, 15) is 9.18 Å². The number of hydrogen-bond acceptors (Lipinski definition) is 2. The predicted octanol–water partition coefficient (Wildman–Crippen LogP) is 1.75. The molecule has 0 aliphatic carbocycles. The van der Waals surface area contributed by atoms with Crippen molar-refractivity contribution in [3.8, 4) is 12.3 Å². The Hall–Kier alpha value is -1.89. The van der Waals surface area contributed by atoms with Gasteiger partial charge in [-0.05, 0) is 18.6 Å². The number of halogens is 1. The summed E-state index contributed by atoms with van der Waals surface area (Å²) in [7, 11) is 0. The lowest BCUT2D eigenvalue weighted by Gasteiger charge is -2.13. The number of carbonyl (C=O) groups is 1. The quantitative estimate of drug-likeness (QED) is 0.620. The molecular weight excluding hydrogens is 207 g/mol. The average molecular weight is 220 g/mol. The second-order valence-electron chi connectivity index (χ2n) is 3.33. The third-order valence-electron chi connectivity index (χ3n) is 2.14. The zero-order valence-corrected chi connectivity index (χ0v) is 9.03. The second kappa shape index (κ2) is 5.86. The maximum atomic E-state index is 12.8. The van der Waals surface area contributed by atoms with Crippen molar-refractivity contribution in [1.82, 2.24) is 10.3 Å². The van der Waals surface area contributed by atoms with Gasteiger partial charge in [-0.1, -0.05) is 13.0 Å². The minimum absolute atomic E-state index is 0.0653. The monoisotopic (exact) mass is 220 g/mol. The average Bonchev–Trinajstić information content (AvgIpc) is 2.28. The molecule has 0 spiro atoms. The Morgan fingerprint density at radius 3 is 3.00 bits per heavy atom. The molecule has 3 nitrogen and oxygen atoms in total. The zero-order chi connectivity index (χ0) is 12.0. The van der Waals surface area contributed by atoms with E-state index < -0.39 is 11.9 Å². The fourth-order valence-electron chi connectivity index (χ4n) is 1.23. The Balaban J connectivity index is 2.68. The number of hydrogen-bond donors (Lipinski definition) is 1. The first-order valence-electron chi connectivity index (χ1n) is 5.04. The third-order valence-corrected chi connectivity index (χ3v) is 2.14.